The molecule has 0 spiro atoms. The molecule has 2 N–H and O–H groups in total. The zero-order chi connectivity index (χ0) is 12.4. The number of oxazole rings is 1. The number of amides is 1. The van der Waals surface area contributed by atoms with Crippen LogP contribution in [0.15, 0.2) is 10.6 Å². The second kappa shape index (κ2) is 4.87. The van der Waals surface area contributed by atoms with Crippen molar-refractivity contribution in [2.75, 3.05) is 0 Å². The molecule has 2 unspecified atom stereocenters. The molecule has 1 aliphatic carbocycles. The SMILES string of the molecule is Cc1cnc(C(C)NC(C)C(=O)NC2CC2)o1. The molecule has 17 heavy (non-hydrogen) atoms. The van der Waals surface area contributed by atoms with Gasteiger partial charge in [-0.2, -0.15) is 0 Å². The molecule has 2 rings (SSSR count). The summed E-state index contributed by atoms with van der Waals surface area (Å²) in [5.74, 6) is 1.44. The van der Waals surface area contributed by atoms with Crippen LogP contribution in [0.3, 0.4) is 0 Å². The molecule has 1 aromatic heterocycles. The van der Waals surface area contributed by atoms with Gasteiger partial charge < -0.3 is 9.73 Å². The van der Waals surface area contributed by atoms with Gasteiger partial charge in [-0.05, 0) is 33.6 Å². The van der Waals surface area contributed by atoms with Gasteiger partial charge in [0.25, 0.3) is 0 Å². The van der Waals surface area contributed by atoms with E-state index < -0.39 is 0 Å². The summed E-state index contributed by atoms with van der Waals surface area (Å²) < 4.78 is 5.41. The summed E-state index contributed by atoms with van der Waals surface area (Å²) >= 11 is 0. The molecular formula is C12H19N3O2. The van der Waals surface area contributed by atoms with Crippen molar-refractivity contribution < 1.29 is 9.21 Å². The predicted molar refractivity (Wildman–Crippen MR) is 63.4 cm³/mol. The third kappa shape index (κ3) is 3.30. The lowest BCUT2D eigenvalue weighted by molar-refractivity contribution is -0.123. The van der Waals surface area contributed by atoms with Crippen LogP contribution in [0.5, 0.6) is 0 Å². The number of carbonyl (C=O) groups excluding carboxylic acids is 1. The summed E-state index contributed by atoms with van der Waals surface area (Å²) in [4.78, 5) is 15.9. The highest BCUT2D eigenvalue weighted by Gasteiger charge is 2.26. The van der Waals surface area contributed by atoms with Crippen molar-refractivity contribution in [1.29, 1.82) is 0 Å². The van der Waals surface area contributed by atoms with Crippen LogP contribution in [0, 0.1) is 6.92 Å². The molecule has 1 aromatic rings. The first-order valence-corrected chi connectivity index (χ1v) is 6.05. The Kier molecular flexibility index (Phi) is 3.47. The van der Waals surface area contributed by atoms with Gasteiger partial charge in [-0.3, -0.25) is 10.1 Å². The fourth-order valence-corrected chi connectivity index (χ4v) is 1.65. The molecule has 0 saturated heterocycles. The predicted octanol–water partition coefficient (Wildman–Crippen LogP) is 1.30. The zero-order valence-corrected chi connectivity index (χ0v) is 10.5. The molecular weight excluding hydrogens is 218 g/mol. The van der Waals surface area contributed by atoms with Gasteiger partial charge in [-0.1, -0.05) is 0 Å². The van der Waals surface area contributed by atoms with Crippen molar-refractivity contribution >= 4 is 5.91 Å². The number of hydrogen-bond donors (Lipinski definition) is 2. The Morgan fingerprint density at radius 3 is 2.76 bits per heavy atom. The van der Waals surface area contributed by atoms with E-state index in [1.54, 1.807) is 6.20 Å². The van der Waals surface area contributed by atoms with E-state index >= 15 is 0 Å². The maximum Gasteiger partial charge on any atom is 0.237 e. The average Bonchev–Trinajstić information content (AvgIpc) is 2.97. The van der Waals surface area contributed by atoms with Gasteiger partial charge in [-0.15, -0.1) is 0 Å². The normalized spacial score (nSPS) is 18.8. The lowest BCUT2D eigenvalue weighted by atomic mass is 10.2. The van der Waals surface area contributed by atoms with Gasteiger partial charge in [-0.25, -0.2) is 4.98 Å². The van der Waals surface area contributed by atoms with Crippen LogP contribution < -0.4 is 10.6 Å². The highest BCUT2D eigenvalue weighted by molar-refractivity contribution is 5.81. The van der Waals surface area contributed by atoms with Crippen LogP contribution in [-0.4, -0.2) is 23.0 Å². The number of hydrogen-bond acceptors (Lipinski definition) is 4. The van der Waals surface area contributed by atoms with E-state index in [4.69, 9.17) is 4.42 Å². The summed E-state index contributed by atoms with van der Waals surface area (Å²) in [5.41, 5.74) is 0. The monoisotopic (exact) mass is 237 g/mol. The molecule has 5 heteroatoms. The van der Waals surface area contributed by atoms with Crippen LogP contribution in [0.25, 0.3) is 0 Å². The zero-order valence-electron chi connectivity index (χ0n) is 10.5. The molecule has 0 aliphatic heterocycles. The highest BCUT2D eigenvalue weighted by Crippen LogP contribution is 2.19. The topological polar surface area (TPSA) is 67.2 Å². The Morgan fingerprint density at radius 2 is 2.24 bits per heavy atom. The fourth-order valence-electron chi connectivity index (χ4n) is 1.65. The molecule has 1 amide bonds. The van der Waals surface area contributed by atoms with E-state index in [0.29, 0.717) is 11.9 Å². The van der Waals surface area contributed by atoms with Crippen molar-refractivity contribution in [3.63, 3.8) is 0 Å². The Hall–Kier alpha value is -1.36. The van der Waals surface area contributed by atoms with E-state index in [1.807, 2.05) is 20.8 Å². The molecule has 0 radical (unpaired) electrons. The number of rotatable bonds is 5. The lowest BCUT2D eigenvalue weighted by Crippen LogP contribution is -2.43. The van der Waals surface area contributed by atoms with Gasteiger partial charge in [0.05, 0.1) is 18.3 Å². The van der Waals surface area contributed by atoms with Crippen molar-refractivity contribution in [2.45, 2.75) is 51.7 Å². The molecule has 0 bridgehead atoms. The van der Waals surface area contributed by atoms with Crippen LogP contribution in [-0.2, 0) is 4.79 Å². The van der Waals surface area contributed by atoms with Crippen LogP contribution in [0.1, 0.15) is 44.4 Å². The number of carbonyl (C=O) groups is 1. The van der Waals surface area contributed by atoms with E-state index in [9.17, 15) is 4.79 Å². The summed E-state index contributed by atoms with van der Waals surface area (Å²) in [6, 6.07) is 0.0903. The first-order valence-electron chi connectivity index (χ1n) is 6.05. The summed E-state index contributed by atoms with van der Waals surface area (Å²) in [6.45, 7) is 5.64. The molecule has 1 saturated carbocycles. The molecule has 0 aromatic carbocycles. The number of aryl methyl sites for hydroxylation is 1. The minimum atomic E-state index is -0.238. The Balaban J connectivity index is 1.84. The van der Waals surface area contributed by atoms with Crippen molar-refractivity contribution in [3.05, 3.63) is 17.8 Å². The van der Waals surface area contributed by atoms with Gasteiger partial charge in [0.2, 0.25) is 11.8 Å². The minimum absolute atomic E-state index is 0.0441. The first kappa shape index (κ1) is 12.1. The quantitative estimate of drug-likeness (QED) is 0.810. The summed E-state index contributed by atoms with van der Waals surface area (Å²) in [6.07, 6.45) is 3.89. The van der Waals surface area contributed by atoms with Gasteiger partial charge in [0.15, 0.2) is 0 Å². The van der Waals surface area contributed by atoms with Crippen molar-refractivity contribution in [2.24, 2.45) is 0 Å². The highest BCUT2D eigenvalue weighted by atomic mass is 16.4. The lowest BCUT2D eigenvalue weighted by Gasteiger charge is -2.17. The largest absolute Gasteiger partial charge is 0.444 e. The molecule has 1 aliphatic rings. The maximum atomic E-state index is 11.7. The average molecular weight is 237 g/mol. The standard InChI is InChI=1S/C12H19N3O2/c1-7-6-13-12(17-7)9(3)14-8(2)11(16)15-10-4-5-10/h6,8-10,14H,4-5H2,1-3H3,(H,15,16). The summed E-state index contributed by atoms with van der Waals surface area (Å²) in [5, 5.41) is 6.14. The maximum absolute atomic E-state index is 11.7. The van der Waals surface area contributed by atoms with Crippen molar-refractivity contribution in [3.8, 4) is 0 Å². The third-order valence-corrected chi connectivity index (χ3v) is 2.83. The third-order valence-electron chi connectivity index (χ3n) is 2.83. The molecule has 94 valence electrons. The second-order valence-corrected chi connectivity index (χ2v) is 4.70. The van der Waals surface area contributed by atoms with Crippen LogP contribution in [0.4, 0.5) is 0 Å². The van der Waals surface area contributed by atoms with Crippen LogP contribution >= 0.6 is 0 Å². The summed E-state index contributed by atoms with van der Waals surface area (Å²) in [7, 11) is 0. The number of nitrogens with zero attached hydrogens (tertiary/aromatic N) is 1. The van der Waals surface area contributed by atoms with Gasteiger partial charge >= 0.3 is 0 Å². The molecule has 5 nitrogen and oxygen atoms in total. The Labute approximate surface area is 101 Å². The Morgan fingerprint density at radius 1 is 1.53 bits per heavy atom. The molecule has 2 atom stereocenters. The van der Waals surface area contributed by atoms with E-state index in [0.717, 1.165) is 18.6 Å². The van der Waals surface area contributed by atoms with E-state index in [2.05, 4.69) is 15.6 Å². The first-order chi connectivity index (χ1) is 8.06. The minimum Gasteiger partial charge on any atom is -0.444 e. The molecule has 1 heterocycles. The Bertz CT molecular complexity index is 398. The second-order valence-electron chi connectivity index (χ2n) is 4.70. The van der Waals surface area contributed by atoms with Crippen molar-refractivity contribution in [1.82, 2.24) is 15.6 Å². The van der Waals surface area contributed by atoms with E-state index in [-0.39, 0.29) is 18.0 Å². The molecule has 1 fully saturated rings. The van der Waals surface area contributed by atoms with Crippen LogP contribution in [0.2, 0.25) is 0 Å². The fraction of sp³-hybridized carbons (Fsp3) is 0.667. The number of nitrogens with one attached hydrogen (secondary N) is 2. The van der Waals surface area contributed by atoms with Gasteiger partial charge in [0, 0.05) is 6.04 Å². The van der Waals surface area contributed by atoms with Gasteiger partial charge in [0.1, 0.15) is 5.76 Å². The van der Waals surface area contributed by atoms with E-state index in [1.165, 1.54) is 0 Å². The smallest absolute Gasteiger partial charge is 0.237 e. The number of aromatic nitrogens is 1.